The Hall–Kier alpha value is -2.81. The zero-order valence-corrected chi connectivity index (χ0v) is 16.8. The second kappa shape index (κ2) is 9.34. The average Bonchev–Trinajstić information content (AvgIpc) is 2.89. The summed E-state index contributed by atoms with van der Waals surface area (Å²) in [6.07, 6.45) is -2.87. The van der Waals surface area contributed by atoms with E-state index in [9.17, 15) is 18.0 Å². The van der Waals surface area contributed by atoms with Crippen molar-refractivity contribution in [2.45, 2.75) is 38.2 Å². The van der Waals surface area contributed by atoms with Gasteiger partial charge in [-0.3, -0.25) is 14.7 Å². The molecule has 2 aromatic rings. The molecule has 0 spiro atoms. The van der Waals surface area contributed by atoms with Crippen molar-refractivity contribution < 1.29 is 27.4 Å². The van der Waals surface area contributed by atoms with Gasteiger partial charge >= 0.3 is 6.18 Å². The first-order valence-electron chi connectivity index (χ1n) is 9.63. The Bertz CT molecular complexity index is 862. The molecule has 0 saturated carbocycles. The summed E-state index contributed by atoms with van der Waals surface area (Å²) in [5, 5.41) is 2.09. The van der Waals surface area contributed by atoms with Crippen molar-refractivity contribution in [3.63, 3.8) is 0 Å². The molecule has 2 unspecified atom stereocenters. The van der Waals surface area contributed by atoms with Crippen molar-refractivity contribution in [2.75, 3.05) is 20.2 Å². The van der Waals surface area contributed by atoms with Crippen LogP contribution in [-0.4, -0.2) is 48.3 Å². The third kappa shape index (κ3) is 5.41. The van der Waals surface area contributed by atoms with Crippen LogP contribution in [0.25, 0.3) is 0 Å². The Labute approximate surface area is 173 Å². The SMILES string of the molecule is CCC1CN(CC(=O)NC(c2ccccn2)C(F)(F)F)Cc2cc(OC)ccc2O1. The quantitative estimate of drug-likeness (QED) is 0.771. The highest BCUT2D eigenvalue weighted by atomic mass is 19.4. The molecule has 1 N–H and O–H groups in total. The van der Waals surface area contributed by atoms with Crippen LogP contribution in [0.2, 0.25) is 0 Å². The number of carbonyl (C=O) groups excluding carboxylic acids is 1. The van der Waals surface area contributed by atoms with E-state index < -0.39 is 18.1 Å². The molecule has 30 heavy (non-hydrogen) atoms. The number of nitrogens with zero attached hydrogens (tertiary/aromatic N) is 2. The van der Waals surface area contributed by atoms with E-state index in [0.717, 1.165) is 5.56 Å². The zero-order chi connectivity index (χ0) is 21.7. The van der Waals surface area contributed by atoms with Crippen LogP contribution in [0, 0.1) is 0 Å². The van der Waals surface area contributed by atoms with Gasteiger partial charge < -0.3 is 14.8 Å². The molecule has 0 radical (unpaired) electrons. The number of benzene rings is 1. The van der Waals surface area contributed by atoms with Gasteiger partial charge in [0.05, 0.1) is 19.3 Å². The number of hydrogen-bond donors (Lipinski definition) is 1. The number of carbonyl (C=O) groups is 1. The summed E-state index contributed by atoms with van der Waals surface area (Å²) in [6.45, 7) is 2.53. The van der Waals surface area contributed by atoms with E-state index in [-0.39, 0.29) is 18.3 Å². The molecule has 0 fully saturated rings. The minimum absolute atomic E-state index is 0.179. The Morgan fingerprint density at radius 3 is 2.80 bits per heavy atom. The van der Waals surface area contributed by atoms with E-state index in [1.807, 2.05) is 13.0 Å². The number of pyridine rings is 1. The van der Waals surface area contributed by atoms with E-state index in [2.05, 4.69) is 10.3 Å². The summed E-state index contributed by atoms with van der Waals surface area (Å²) >= 11 is 0. The Morgan fingerprint density at radius 1 is 1.37 bits per heavy atom. The highest BCUT2D eigenvalue weighted by Crippen LogP contribution is 2.32. The van der Waals surface area contributed by atoms with Crippen molar-refractivity contribution in [1.82, 2.24) is 15.2 Å². The number of amides is 1. The normalized spacial score (nSPS) is 18.0. The molecule has 0 bridgehead atoms. The monoisotopic (exact) mass is 423 g/mol. The zero-order valence-electron chi connectivity index (χ0n) is 16.8. The summed E-state index contributed by atoms with van der Waals surface area (Å²) in [6, 6.07) is 7.46. The Kier molecular flexibility index (Phi) is 6.81. The molecule has 9 heteroatoms. The first kappa shape index (κ1) is 21.9. The van der Waals surface area contributed by atoms with Crippen LogP contribution in [0.1, 0.15) is 30.6 Å². The number of nitrogens with one attached hydrogen (secondary N) is 1. The summed E-state index contributed by atoms with van der Waals surface area (Å²) in [4.78, 5) is 18.1. The minimum atomic E-state index is -4.65. The summed E-state index contributed by atoms with van der Waals surface area (Å²) in [5.74, 6) is 0.598. The lowest BCUT2D eigenvalue weighted by atomic mass is 10.1. The second-order valence-corrected chi connectivity index (χ2v) is 7.09. The maximum absolute atomic E-state index is 13.5. The standard InChI is InChI=1S/C21H24F3N3O3/c1-3-15-12-27(11-14-10-16(29-2)7-8-18(14)30-15)13-19(28)26-20(21(22,23)24)17-6-4-5-9-25-17/h4-10,15,20H,3,11-13H2,1-2H3,(H,26,28). The number of ether oxygens (including phenoxy) is 2. The van der Waals surface area contributed by atoms with Gasteiger partial charge in [-0.05, 0) is 36.8 Å². The topological polar surface area (TPSA) is 63.7 Å². The number of halogens is 3. The van der Waals surface area contributed by atoms with Crippen LogP contribution in [0.4, 0.5) is 13.2 Å². The number of fused-ring (bicyclic) bond motifs is 1. The van der Waals surface area contributed by atoms with Crippen LogP contribution >= 0.6 is 0 Å². The van der Waals surface area contributed by atoms with E-state index in [4.69, 9.17) is 9.47 Å². The third-order valence-corrected chi connectivity index (χ3v) is 4.86. The van der Waals surface area contributed by atoms with E-state index >= 15 is 0 Å². The Morgan fingerprint density at radius 2 is 2.17 bits per heavy atom. The first-order valence-corrected chi connectivity index (χ1v) is 9.63. The van der Waals surface area contributed by atoms with Gasteiger partial charge in [-0.2, -0.15) is 13.2 Å². The fourth-order valence-corrected chi connectivity index (χ4v) is 3.34. The van der Waals surface area contributed by atoms with E-state index in [1.165, 1.54) is 24.4 Å². The maximum Gasteiger partial charge on any atom is 0.414 e. The summed E-state index contributed by atoms with van der Waals surface area (Å²) in [5.41, 5.74) is 0.564. The second-order valence-electron chi connectivity index (χ2n) is 7.09. The number of aromatic nitrogens is 1. The van der Waals surface area contributed by atoms with Gasteiger partial charge in [0, 0.05) is 24.8 Å². The molecule has 0 saturated heterocycles. The minimum Gasteiger partial charge on any atom is -0.497 e. The molecule has 1 aliphatic heterocycles. The van der Waals surface area contributed by atoms with E-state index in [0.29, 0.717) is 31.0 Å². The van der Waals surface area contributed by atoms with Crippen LogP contribution in [0.5, 0.6) is 11.5 Å². The lowest BCUT2D eigenvalue weighted by molar-refractivity contribution is -0.164. The van der Waals surface area contributed by atoms with Crippen molar-refractivity contribution in [1.29, 1.82) is 0 Å². The van der Waals surface area contributed by atoms with Gasteiger partial charge in [-0.25, -0.2) is 0 Å². The maximum atomic E-state index is 13.5. The van der Waals surface area contributed by atoms with Gasteiger partial charge in [-0.1, -0.05) is 13.0 Å². The molecule has 0 aliphatic carbocycles. The molecule has 2 heterocycles. The van der Waals surface area contributed by atoms with Gasteiger partial charge in [0.1, 0.15) is 17.6 Å². The highest BCUT2D eigenvalue weighted by Gasteiger charge is 2.43. The molecule has 3 rings (SSSR count). The van der Waals surface area contributed by atoms with Crippen molar-refractivity contribution in [3.8, 4) is 11.5 Å². The summed E-state index contributed by atoms with van der Waals surface area (Å²) in [7, 11) is 1.55. The van der Waals surface area contributed by atoms with Gasteiger partial charge in [0.2, 0.25) is 5.91 Å². The molecule has 1 aromatic heterocycles. The lowest BCUT2D eigenvalue weighted by Crippen LogP contribution is -2.45. The highest BCUT2D eigenvalue weighted by molar-refractivity contribution is 5.78. The smallest absolute Gasteiger partial charge is 0.414 e. The molecular weight excluding hydrogens is 399 g/mol. The fourth-order valence-electron chi connectivity index (χ4n) is 3.34. The third-order valence-electron chi connectivity index (χ3n) is 4.86. The number of rotatable bonds is 6. The average molecular weight is 423 g/mol. The number of alkyl halides is 3. The molecule has 1 amide bonds. The predicted molar refractivity (Wildman–Crippen MR) is 104 cm³/mol. The first-order chi connectivity index (χ1) is 14.3. The largest absolute Gasteiger partial charge is 0.497 e. The fraction of sp³-hybridized carbons (Fsp3) is 0.429. The van der Waals surface area contributed by atoms with E-state index in [1.54, 1.807) is 24.1 Å². The van der Waals surface area contributed by atoms with Gasteiger partial charge in [0.15, 0.2) is 6.04 Å². The molecule has 6 nitrogen and oxygen atoms in total. The molecule has 1 aliphatic rings. The molecular formula is C21H24F3N3O3. The Balaban J connectivity index is 1.75. The molecule has 2 atom stereocenters. The number of methoxy groups -OCH3 is 1. The van der Waals surface area contributed by atoms with Crippen molar-refractivity contribution in [2.24, 2.45) is 0 Å². The van der Waals surface area contributed by atoms with Crippen LogP contribution in [0.3, 0.4) is 0 Å². The van der Waals surface area contributed by atoms with Crippen molar-refractivity contribution >= 4 is 5.91 Å². The van der Waals surface area contributed by atoms with Crippen LogP contribution in [-0.2, 0) is 11.3 Å². The van der Waals surface area contributed by atoms with Crippen LogP contribution in [0.15, 0.2) is 42.6 Å². The predicted octanol–water partition coefficient (Wildman–Crippen LogP) is 3.48. The lowest BCUT2D eigenvalue weighted by Gasteiger charge is -2.25. The van der Waals surface area contributed by atoms with Gasteiger partial charge in [0.25, 0.3) is 0 Å². The molecule has 1 aromatic carbocycles. The van der Waals surface area contributed by atoms with Gasteiger partial charge in [-0.15, -0.1) is 0 Å². The molecule has 162 valence electrons. The number of hydrogen-bond acceptors (Lipinski definition) is 5. The van der Waals surface area contributed by atoms with Crippen LogP contribution < -0.4 is 14.8 Å². The van der Waals surface area contributed by atoms with Crippen molar-refractivity contribution in [3.05, 3.63) is 53.9 Å². The summed E-state index contributed by atoms with van der Waals surface area (Å²) < 4.78 is 51.8.